The molecule has 0 bridgehead atoms. The maximum absolute atomic E-state index is 6.52. The van der Waals surface area contributed by atoms with Crippen molar-refractivity contribution in [2.45, 2.75) is 0 Å². The molecule has 3 aromatic heterocycles. The van der Waals surface area contributed by atoms with Crippen molar-refractivity contribution in [3.63, 3.8) is 0 Å². The van der Waals surface area contributed by atoms with Crippen molar-refractivity contribution in [2.24, 2.45) is 0 Å². The summed E-state index contributed by atoms with van der Waals surface area (Å²) >= 11 is 0. The highest BCUT2D eigenvalue weighted by molar-refractivity contribution is 6.14. The van der Waals surface area contributed by atoms with Crippen LogP contribution in [0.1, 0.15) is 0 Å². The second-order valence-electron chi connectivity index (χ2n) is 14.8. The first-order valence-corrected chi connectivity index (χ1v) is 19.5. The molecule has 3 heterocycles. The van der Waals surface area contributed by atoms with E-state index in [2.05, 4.69) is 144 Å². The van der Waals surface area contributed by atoms with Gasteiger partial charge in [0, 0.05) is 38.4 Å². The van der Waals surface area contributed by atoms with Crippen molar-refractivity contribution in [1.29, 1.82) is 0 Å². The highest BCUT2D eigenvalue weighted by Crippen LogP contribution is 2.41. The summed E-state index contributed by atoms with van der Waals surface area (Å²) in [6.45, 7) is 0. The molecule has 12 aromatic rings. The summed E-state index contributed by atoms with van der Waals surface area (Å²) in [5, 5.41) is 9.27. The Balaban J connectivity index is 1.15. The fourth-order valence-corrected chi connectivity index (χ4v) is 8.74. The van der Waals surface area contributed by atoms with Gasteiger partial charge in [-0.1, -0.05) is 146 Å². The van der Waals surface area contributed by atoms with Crippen LogP contribution in [0, 0.1) is 0 Å². The van der Waals surface area contributed by atoms with Crippen molar-refractivity contribution < 1.29 is 4.42 Å². The maximum Gasteiger partial charge on any atom is 0.167 e. The van der Waals surface area contributed by atoms with Crippen LogP contribution < -0.4 is 0 Å². The van der Waals surface area contributed by atoms with Crippen molar-refractivity contribution in [3.8, 4) is 51.0 Å². The Morgan fingerprint density at radius 3 is 1.83 bits per heavy atom. The molecule has 0 unspecified atom stereocenters. The zero-order valence-corrected chi connectivity index (χ0v) is 31.2. The van der Waals surface area contributed by atoms with Gasteiger partial charge in [0.1, 0.15) is 11.2 Å². The van der Waals surface area contributed by atoms with Crippen LogP contribution in [0.25, 0.3) is 116 Å². The van der Waals surface area contributed by atoms with Gasteiger partial charge in [-0.25, -0.2) is 15.0 Å². The van der Waals surface area contributed by atoms with Crippen molar-refractivity contribution in [3.05, 3.63) is 194 Å². The van der Waals surface area contributed by atoms with Gasteiger partial charge in [0.25, 0.3) is 0 Å². The fraction of sp³-hybridized carbons (Fsp3) is 0. The predicted octanol–water partition coefficient (Wildman–Crippen LogP) is 13.8. The molecule has 0 saturated carbocycles. The number of fused-ring (bicyclic) bond motifs is 8. The number of aromatic nitrogens is 4. The van der Waals surface area contributed by atoms with Gasteiger partial charge < -0.3 is 8.98 Å². The van der Waals surface area contributed by atoms with Gasteiger partial charge in [0.15, 0.2) is 17.5 Å². The average molecular weight is 741 g/mol. The van der Waals surface area contributed by atoms with Gasteiger partial charge in [-0.05, 0) is 81.2 Å². The molecule has 12 rings (SSSR count). The van der Waals surface area contributed by atoms with E-state index >= 15 is 0 Å². The molecule has 9 aromatic carbocycles. The third-order valence-electron chi connectivity index (χ3n) is 11.4. The summed E-state index contributed by atoms with van der Waals surface area (Å²) in [5.74, 6) is 1.73. The van der Waals surface area contributed by atoms with Gasteiger partial charge in [0.2, 0.25) is 0 Å². The smallest absolute Gasteiger partial charge is 0.167 e. The molecule has 0 aliphatic heterocycles. The van der Waals surface area contributed by atoms with E-state index in [9.17, 15) is 0 Å². The van der Waals surface area contributed by atoms with E-state index in [0.29, 0.717) is 17.5 Å². The summed E-state index contributed by atoms with van der Waals surface area (Å²) in [4.78, 5) is 15.7. The quantitative estimate of drug-likeness (QED) is 0.176. The topological polar surface area (TPSA) is 56.7 Å². The lowest BCUT2D eigenvalue weighted by Gasteiger charge is -2.17. The van der Waals surface area contributed by atoms with Crippen LogP contribution in [-0.4, -0.2) is 19.5 Å². The molecule has 5 heteroatoms. The van der Waals surface area contributed by atoms with Crippen LogP contribution in [-0.2, 0) is 0 Å². The maximum atomic E-state index is 6.52. The lowest BCUT2D eigenvalue weighted by molar-refractivity contribution is 0.669. The Bertz CT molecular complexity index is 3580. The molecule has 0 atom stereocenters. The van der Waals surface area contributed by atoms with Crippen LogP contribution in [0.15, 0.2) is 199 Å². The Morgan fingerprint density at radius 1 is 0.345 bits per heavy atom. The summed E-state index contributed by atoms with van der Waals surface area (Å²) in [6, 6.07) is 68.2. The van der Waals surface area contributed by atoms with Crippen LogP contribution in [0.5, 0.6) is 0 Å². The second-order valence-corrected chi connectivity index (χ2v) is 14.8. The van der Waals surface area contributed by atoms with E-state index in [1.807, 2.05) is 54.6 Å². The molecule has 270 valence electrons. The summed E-state index contributed by atoms with van der Waals surface area (Å²) in [5.41, 5.74) is 9.70. The minimum atomic E-state index is 0.552. The van der Waals surface area contributed by atoms with Crippen LogP contribution in [0.3, 0.4) is 0 Å². The SMILES string of the molecule is c1ccc(-c2nc(-c3ccc(-n4c5ccccc5c5cc6ccccc6cc54)cc3-c3cccc4ccccc34)nc(-c3cccc4c3oc3ccccc34)n2)cc1. The van der Waals surface area contributed by atoms with Gasteiger partial charge in [-0.2, -0.15) is 0 Å². The van der Waals surface area contributed by atoms with Gasteiger partial charge in [0.05, 0.1) is 16.6 Å². The standard InChI is InChI=1S/C53H32N4O/c1-2-15-34(16-3-1)51-54-52(56-53(55-51)44-25-13-24-42-41-22-9-11-27-49(41)58-50(42)44)43-29-28-37(32-45(43)39-23-12-19-33-14-6-7-20-38(33)39)57-47-26-10-8-21-40(47)46-30-35-17-4-5-18-36(35)31-48(46)57/h1-32H. The second kappa shape index (κ2) is 12.8. The number of hydrogen-bond donors (Lipinski definition) is 0. The Labute approximate surface area is 333 Å². The number of rotatable bonds is 5. The first-order valence-electron chi connectivity index (χ1n) is 19.5. The number of benzene rings is 9. The van der Waals surface area contributed by atoms with Crippen molar-refractivity contribution in [1.82, 2.24) is 19.5 Å². The highest BCUT2D eigenvalue weighted by Gasteiger charge is 2.22. The molecule has 5 nitrogen and oxygen atoms in total. The largest absolute Gasteiger partial charge is 0.455 e. The lowest BCUT2D eigenvalue weighted by Crippen LogP contribution is -2.02. The summed E-state index contributed by atoms with van der Waals surface area (Å²) in [7, 11) is 0. The van der Waals surface area contributed by atoms with Crippen LogP contribution in [0.4, 0.5) is 0 Å². The van der Waals surface area contributed by atoms with E-state index in [1.54, 1.807) is 0 Å². The molecule has 0 aliphatic rings. The van der Waals surface area contributed by atoms with Crippen molar-refractivity contribution >= 4 is 65.3 Å². The molecule has 0 radical (unpaired) electrons. The molecule has 0 fully saturated rings. The lowest BCUT2D eigenvalue weighted by atomic mass is 9.93. The Kier molecular flexibility index (Phi) is 7.16. The monoisotopic (exact) mass is 740 g/mol. The minimum Gasteiger partial charge on any atom is -0.455 e. The molecule has 0 spiro atoms. The number of nitrogens with zero attached hydrogens (tertiary/aromatic N) is 4. The van der Waals surface area contributed by atoms with Crippen LogP contribution >= 0.6 is 0 Å². The molecule has 0 saturated heterocycles. The van der Waals surface area contributed by atoms with Gasteiger partial charge in [-0.15, -0.1) is 0 Å². The zero-order chi connectivity index (χ0) is 38.2. The first kappa shape index (κ1) is 32.4. The predicted molar refractivity (Wildman–Crippen MR) is 238 cm³/mol. The number of furan rings is 1. The molecule has 58 heavy (non-hydrogen) atoms. The van der Waals surface area contributed by atoms with Gasteiger partial charge >= 0.3 is 0 Å². The number of hydrogen-bond acceptors (Lipinski definition) is 4. The average Bonchev–Trinajstić information content (AvgIpc) is 3.83. The fourth-order valence-electron chi connectivity index (χ4n) is 8.74. The third-order valence-corrected chi connectivity index (χ3v) is 11.4. The Hall–Kier alpha value is -7.89. The third kappa shape index (κ3) is 5.07. The van der Waals surface area contributed by atoms with E-state index in [-0.39, 0.29) is 0 Å². The summed E-state index contributed by atoms with van der Waals surface area (Å²) < 4.78 is 8.92. The normalized spacial score (nSPS) is 11.8. The van der Waals surface area contributed by atoms with Gasteiger partial charge in [-0.3, -0.25) is 0 Å². The van der Waals surface area contributed by atoms with E-state index in [4.69, 9.17) is 19.4 Å². The van der Waals surface area contributed by atoms with Crippen molar-refractivity contribution in [2.75, 3.05) is 0 Å². The Morgan fingerprint density at radius 2 is 0.966 bits per heavy atom. The molecule has 0 N–H and O–H groups in total. The molecule has 0 aliphatic carbocycles. The van der Waals surface area contributed by atoms with E-state index < -0.39 is 0 Å². The molecular weight excluding hydrogens is 709 g/mol. The summed E-state index contributed by atoms with van der Waals surface area (Å²) in [6.07, 6.45) is 0. The highest BCUT2D eigenvalue weighted by atomic mass is 16.3. The molecule has 0 amide bonds. The van der Waals surface area contributed by atoms with E-state index in [0.717, 1.165) is 77.2 Å². The van der Waals surface area contributed by atoms with Crippen LogP contribution in [0.2, 0.25) is 0 Å². The number of para-hydroxylation sites is 3. The van der Waals surface area contributed by atoms with E-state index in [1.165, 1.54) is 21.5 Å². The minimum absolute atomic E-state index is 0.552. The first-order chi connectivity index (χ1) is 28.7. The molecular formula is C53H32N4O. The zero-order valence-electron chi connectivity index (χ0n) is 31.2.